The van der Waals surface area contributed by atoms with Crippen LogP contribution in [0.3, 0.4) is 0 Å². The van der Waals surface area contributed by atoms with E-state index in [-0.39, 0.29) is 29.3 Å². The number of piperidine rings is 1. The van der Waals surface area contributed by atoms with E-state index >= 15 is 0 Å². The van der Waals surface area contributed by atoms with E-state index in [1.165, 1.54) is 12.1 Å². The molecule has 1 aromatic carbocycles. The quantitative estimate of drug-likeness (QED) is 0.895. The molecule has 0 aromatic heterocycles. The number of aliphatic hydroxyl groups excluding tert-OH is 1. The summed E-state index contributed by atoms with van der Waals surface area (Å²) in [4.78, 5) is 14.1. The van der Waals surface area contributed by atoms with Gasteiger partial charge in [0.25, 0.3) is 0 Å². The summed E-state index contributed by atoms with van der Waals surface area (Å²) < 4.78 is 13.0. The minimum atomic E-state index is -0.308. The van der Waals surface area contributed by atoms with Crippen molar-refractivity contribution in [3.05, 3.63) is 35.6 Å². The minimum Gasteiger partial charge on any atom is -0.393 e. The summed E-state index contributed by atoms with van der Waals surface area (Å²) in [6.45, 7) is 7.72. The first-order valence-electron chi connectivity index (χ1n) is 8.26. The number of amides is 2. The summed E-state index contributed by atoms with van der Waals surface area (Å²) in [5.74, 6) is 0.0317. The Balaban J connectivity index is 1.85. The average molecular weight is 322 g/mol. The molecule has 0 spiro atoms. The summed E-state index contributed by atoms with van der Waals surface area (Å²) >= 11 is 0. The molecule has 1 saturated heterocycles. The number of benzene rings is 1. The van der Waals surface area contributed by atoms with Crippen LogP contribution in [0.4, 0.5) is 9.18 Å². The van der Waals surface area contributed by atoms with E-state index in [2.05, 4.69) is 5.32 Å². The van der Waals surface area contributed by atoms with E-state index in [9.17, 15) is 14.3 Å². The molecule has 1 fully saturated rings. The topological polar surface area (TPSA) is 52.6 Å². The zero-order valence-electron chi connectivity index (χ0n) is 14.2. The fraction of sp³-hybridized carbons (Fsp3) is 0.611. The SMILES string of the molecule is CC(O)C1CCN(C(=O)NCC(C)(C)c2ccc(F)cc2)CC1. The highest BCUT2D eigenvalue weighted by Gasteiger charge is 2.27. The van der Waals surface area contributed by atoms with Crippen molar-refractivity contribution in [3.8, 4) is 0 Å². The number of rotatable bonds is 4. The molecule has 1 atom stereocenters. The standard InChI is InChI=1S/C18H27FN2O2/c1-13(22)14-8-10-21(11-9-14)17(23)20-12-18(2,3)15-4-6-16(19)7-5-15/h4-7,13-14,22H,8-12H2,1-3H3,(H,20,23). The van der Waals surface area contributed by atoms with Crippen molar-refractivity contribution < 1.29 is 14.3 Å². The Labute approximate surface area is 137 Å². The third-order valence-corrected chi connectivity index (χ3v) is 4.82. The second kappa shape index (κ2) is 7.30. The highest BCUT2D eigenvalue weighted by Crippen LogP contribution is 2.23. The summed E-state index contributed by atoms with van der Waals surface area (Å²) in [5, 5.41) is 12.6. The maximum absolute atomic E-state index is 13.0. The van der Waals surface area contributed by atoms with Crippen molar-refractivity contribution >= 4 is 6.03 Å². The molecular weight excluding hydrogens is 295 g/mol. The van der Waals surface area contributed by atoms with Gasteiger partial charge in [0, 0.05) is 25.0 Å². The van der Waals surface area contributed by atoms with Gasteiger partial charge in [-0.15, -0.1) is 0 Å². The van der Waals surface area contributed by atoms with Crippen LogP contribution in [0.2, 0.25) is 0 Å². The van der Waals surface area contributed by atoms with Crippen LogP contribution >= 0.6 is 0 Å². The van der Waals surface area contributed by atoms with Crippen molar-refractivity contribution in [2.45, 2.75) is 45.1 Å². The van der Waals surface area contributed by atoms with Gasteiger partial charge < -0.3 is 15.3 Å². The Kier molecular flexibility index (Phi) is 5.63. The molecule has 1 aliphatic rings. The average Bonchev–Trinajstić information content (AvgIpc) is 2.53. The van der Waals surface area contributed by atoms with Crippen LogP contribution < -0.4 is 5.32 Å². The summed E-state index contributed by atoms with van der Waals surface area (Å²) in [6, 6.07) is 6.34. The Bertz CT molecular complexity index is 520. The lowest BCUT2D eigenvalue weighted by molar-refractivity contribution is 0.0796. The second-order valence-electron chi connectivity index (χ2n) is 7.11. The van der Waals surface area contributed by atoms with Gasteiger partial charge in [0.05, 0.1) is 6.10 Å². The molecule has 0 aliphatic carbocycles. The molecule has 1 unspecified atom stereocenters. The Morgan fingerprint density at radius 2 is 1.91 bits per heavy atom. The van der Waals surface area contributed by atoms with Crippen LogP contribution in [0, 0.1) is 11.7 Å². The van der Waals surface area contributed by atoms with Gasteiger partial charge in [-0.25, -0.2) is 9.18 Å². The molecular formula is C18H27FN2O2. The van der Waals surface area contributed by atoms with Crippen molar-refractivity contribution in [1.29, 1.82) is 0 Å². The number of nitrogens with one attached hydrogen (secondary N) is 1. The molecule has 2 amide bonds. The van der Waals surface area contributed by atoms with Crippen molar-refractivity contribution in [2.75, 3.05) is 19.6 Å². The van der Waals surface area contributed by atoms with Crippen molar-refractivity contribution in [3.63, 3.8) is 0 Å². The van der Waals surface area contributed by atoms with Gasteiger partial charge in [-0.3, -0.25) is 0 Å². The van der Waals surface area contributed by atoms with Crippen LogP contribution in [-0.4, -0.2) is 41.8 Å². The molecule has 4 nitrogen and oxygen atoms in total. The smallest absolute Gasteiger partial charge is 0.317 e. The van der Waals surface area contributed by atoms with E-state index in [1.807, 2.05) is 20.8 Å². The number of aliphatic hydroxyl groups is 1. The number of hydrogen-bond donors (Lipinski definition) is 2. The zero-order chi connectivity index (χ0) is 17.0. The summed E-state index contributed by atoms with van der Waals surface area (Å²) in [7, 11) is 0. The third-order valence-electron chi connectivity index (χ3n) is 4.82. The number of carbonyl (C=O) groups excluding carboxylic acids is 1. The molecule has 23 heavy (non-hydrogen) atoms. The fourth-order valence-corrected chi connectivity index (χ4v) is 3.00. The Morgan fingerprint density at radius 3 is 2.43 bits per heavy atom. The predicted octanol–water partition coefficient (Wildman–Crippen LogP) is 2.91. The number of likely N-dealkylation sites (tertiary alicyclic amines) is 1. The third kappa shape index (κ3) is 4.67. The number of carbonyl (C=O) groups is 1. The normalized spacial score (nSPS) is 17.9. The molecule has 0 saturated carbocycles. The maximum atomic E-state index is 13.0. The molecule has 128 valence electrons. The number of nitrogens with zero attached hydrogens (tertiary/aromatic N) is 1. The first-order valence-corrected chi connectivity index (χ1v) is 8.26. The predicted molar refractivity (Wildman–Crippen MR) is 88.8 cm³/mol. The van der Waals surface area contributed by atoms with Crippen LogP contribution in [0.25, 0.3) is 0 Å². The lowest BCUT2D eigenvalue weighted by atomic mass is 9.84. The second-order valence-corrected chi connectivity index (χ2v) is 7.11. The molecule has 5 heteroatoms. The van der Waals surface area contributed by atoms with Gasteiger partial charge >= 0.3 is 6.03 Å². The van der Waals surface area contributed by atoms with Crippen molar-refractivity contribution in [1.82, 2.24) is 10.2 Å². The molecule has 2 N–H and O–H groups in total. The van der Waals surface area contributed by atoms with Gasteiger partial charge in [0.1, 0.15) is 5.82 Å². The first kappa shape index (κ1) is 17.7. The highest BCUT2D eigenvalue weighted by molar-refractivity contribution is 5.74. The lowest BCUT2D eigenvalue weighted by Crippen LogP contribution is -2.48. The van der Waals surface area contributed by atoms with E-state index < -0.39 is 0 Å². The molecule has 0 bridgehead atoms. The van der Waals surface area contributed by atoms with E-state index in [4.69, 9.17) is 0 Å². The van der Waals surface area contributed by atoms with Crippen LogP contribution in [0.5, 0.6) is 0 Å². The van der Waals surface area contributed by atoms with Crippen LogP contribution in [0.15, 0.2) is 24.3 Å². The van der Waals surface area contributed by atoms with Crippen molar-refractivity contribution in [2.24, 2.45) is 5.92 Å². The van der Waals surface area contributed by atoms with E-state index in [0.29, 0.717) is 19.6 Å². The van der Waals surface area contributed by atoms with Gasteiger partial charge in [-0.2, -0.15) is 0 Å². The molecule has 0 radical (unpaired) electrons. The summed E-state index contributed by atoms with van der Waals surface area (Å²) in [5.41, 5.74) is 0.730. The maximum Gasteiger partial charge on any atom is 0.317 e. The van der Waals surface area contributed by atoms with Crippen LogP contribution in [0.1, 0.15) is 39.2 Å². The van der Waals surface area contributed by atoms with E-state index in [0.717, 1.165) is 18.4 Å². The monoisotopic (exact) mass is 322 g/mol. The highest BCUT2D eigenvalue weighted by atomic mass is 19.1. The minimum absolute atomic E-state index is 0.0655. The molecule has 2 rings (SSSR count). The van der Waals surface area contributed by atoms with Gasteiger partial charge in [-0.1, -0.05) is 26.0 Å². The van der Waals surface area contributed by atoms with Gasteiger partial charge in [-0.05, 0) is 43.4 Å². The molecule has 1 aromatic rings. The zero-order valence-corrected chi connectivity index (χ0v) is 14.2. The van der Waals surface area contributed by atoms with E-state index in [1.54, 1.807) is 17.0 Å². The largest absolute Gasteiger partial charge is 0.393 e. The number of hydrogen-bond acceptors (Lipinski definition) is 2. The van der Waals surface area contributed by atoms with Gasteiger partial charge in [0.2, 0.25) is 0 Å². The molecule has 1 aliphatic heterocycles. The molecule has 1 heterocycles. The number of halogens is 1. The summed E-state index contributed by atoms with van der Waals surface area (Å²) in [6.07, 6.45) is 1.37. The Morgan fingerprint density at radius 1 is 1.35 bits per heavy atom. The lowest BCUT2D eigenvalue weighted by Gasteiger charge is -2.34. The Hall–Kier alpha value is -1.62. The van der Waals surface area contributed by atoms with Crippen LogP contribution in [-0.2, 0) is 5.41 Å². The fourth-order valence-electron chi connectivity index (χ4n) is 3.00. The first-order chi connectivity index (χ1) is 10.8. The van der Waals surface area contributed by atoms with Gasteiger partial charge in [0.15, 0.2) is 0 Å². The number of urea groups is 1.